The third kappa shape index (κ3) is 2.62. The van der Waals surface area contributed by atoms with E-state index in [1.165, 1.54) is 16.3 Å². The van der Waals surface area contributed by atoms with Gasteiger partial charge in [0, 0.05) is 37.5 Å². The molecule has 1 heterocycles. The molecule has 0 spiro atoms. The van der Waals surface area contributed by atoms with Gasteiger partial charge in [-0.3, -0.25) is 4.98 Å². The highest BCUT2D eigenvalue weighted by atomic mass is 16.5. The third-order valence-electron chi connectivity index (χ3n) is 3.05. The van der Waals surface area contributed by atoms with E-state index in [0.29, 0.717) is 6.04 Å². The standard InChI is InChI=1S/C14H18N2O/c1-15-14(7-9-17-2)13-5-3-4-11-10-16-8-6-12(11)13/h3-6,8,10,14-15H,7,9H2,1-2H3. The zero-order chi connectivity index (χ0) is 12.1. The van der Waals surface area contributed by atoms with Gasteiger partial charge in [0.2, 0.25) is 0 Å². The van der Waals surface area contributed by atoms with E-state index < -0.39 is 0 Å². The number of ether oxygens (including phenoxy) is 1. The normalized spacial score (nSPS) is 12.8. The van der Waals surface area contributed by atoms with Crippen molar-refractivity contribution < 1.29 is 4.74 Å². The van der Waals surface area contributed by atoms with Crippen LogP contribution in [0.1, 0.15) is 18.0 Å². The number of nitrogens with zero attached hydrogens (tertiary/aromatic N) is 1. The number of pyridine rings is 1. The van der Waals surface area contributed by atoms with Crippen molar-refractivity contribution in [3.8, 4) is 0 Å². The molecular formula is C14H18N2O. The minimum absolute atomic E-state index is 0.320. The second kappa shape index (κ2) is 5.75. The molecule has 1 aromatic carbocycles. The van der Waals surface area contributed by atoms with E-state index in [1.807, 2.05) is 19.4 Å². The number of methoxy groups -OCH3 is 1. The lowest BCUT2D eigenvalue weighted by atomic mass is 9.98. The Morgan fingerprint density at radius 1 is 1.35 bits per heavy atom. The summed E-state index contributed by atoms with van der Waals surface area (Å²) in [6.07, 6.45) is 4.71. The average Bonchev–Trinajstić information content (AvgIpc) is 2.40. The average molecular weight is 230 g/mol. The topological polar surface area (TPSA) is 34.1 Å². The fourth-order valence-electron chi connectivity index (χ4n) is 2.14. The van der Waals surface area contributed by atoms with Gasteiger partial charge >= 0.3 is 0 Å². The van der Waals surface area contributed by atoms with Crippen LogP contribution in [0, 0.1) is 0 Å². The molecule has 2 aromatic rings. The largest absolute Gasteiger partial charge is 0.385 e. The minimum Gasteiger partial charge on any atom is -0.385 e. The number of hydrogen-bond acceptors (Lipinski definition) is 3. The summed E-state index contributed by atoms with van der Waals surface area (Å²) in [5.41, 5.74) is 1.31. The Hall–Kier alpha value is -1.45. The highest BCUT2D eigenvalue weighted by Gasteiger charge is 2.11. The van der Waals surface area contributed by atoms with Crippen LogP contribution in [-0.4, -0.2) is 25.7 Å². The Balaban J connectivity index is 2.38. The Morgan fingerprint density at radius 2 is 2.24 bits per heavy atom. The third-order valence-corrected chi connectivity index (χ3v) is 3.05. The Morgan fingerprint density at radius 3 is 3.00 bits per heavy atom. The lowest BCUT2D eigenvalue weighted by Crippen LogP contribution is -2.18. The summed E-state index contributed by atoms with van der Waals surface area (Å²) >= 11 is 0. The fourth-order valence-corrected chi connectivity index (χ4v) is 2.14. The molecule has 0 fully saturated rings. The summed E-state index contributed by atoms with van der Waals surface area (Å²) in [5, 5.41) is 5.79. The van der Waals surface area contributed by atoms with E-state index in [1.54, 1.807) is 7.11 Å². The van der Waals surface area contributed by atoms with Crippen LogP contribution in [0.25, 0.3) is 10.8 Å². The lowest BCUT2D eigenvalue weighted by molar-refractivity contribution is 0.184. The smallest absolute Gasteiger partial charge is 0.0480 e. The molecule has 0 aliphatic rings. The number of aromatic nitrogens is 1. The summed E-state index contributed by atoms with van der Waals surface area (Å²) in [5.74, 6) is 0. The molecule has 17 heavy (non-hydrogen) atoms. The van der Waals surface area contributed by atoms with Crippen LogP contribution in [-0.2, 0) is 4.74 Å². The Bertz CT molecular complexity index is 479. The van der Waals surface area contributed by atoms with Crippen molar-refractivity contribution in [3.63, 3.8) is 0 Å². The van der Waals surface area contributed by atoms with Gasteiger partial charge in [0.25, 0.3) is 0 Å². The molecule has 0 radical (unpaired) electrons. The van der Waals surface area contributed by atoms with E-state index in [9.17, 15) is 0 Å². The Kier molecular flexibility index (Phi) is 4.07. The van der Waals surface area contributed by atoms with Gasteiger partial charge in [-0.05, 0) is 30.5 Å². The maximum absolute atomic E-state index is 5.16. The zero-order valence-corrected chi connectivity index (χ0v) is 10.3. The van der Waals surface area contributed by atoms with Gasteiger partial charge in [-0.15, -0.1) is 0 Å². The van der Waals surface area contributed by atoms with Crippen LogP contribution < -0.4 is 5.32 Å². The molecule has 3 heteroatoms. The quantitative estimate of drug-likeness (QED) is 0.857. The molecular weight excluding hydrogens is 212 g/mol. The molecule has 0 aliphatic heterocycles. The molecule has 1 N–H and O–H groups in total. The van der Waals surface area contributed by atoms with Crippen LogP contribution in [0.3, 0.4) is 0 Å². The first-order chi connectivity index (χ1) is 8.36. The molecule has 90 valence electrons. The van der Waals surface area contributed by atoms with Gasteiger partial charge in [0.05, 0.1) is 0 Å². The summed E-state index contributed by atoms with van der Waals surface area (Å²) in [6.45, 7) is 0.757. The molecule has 0 saturated heterocycles. The molecule has 0 amide bonds. The molecule has 1 atom stereocenters. The van der Waals surface area contributed by atoms with E-state index in [-0.39, 0.29) is 0 Å². The molecule has 3 nitrogen and oxygen atoms in total. The summed E-state index contributed by atoms with van der Waals surface area (Å²) in [7, 11) is 3.72. The van der Waals surface area contributed by atoms with Crippen LogP contribution in [0.4, 0.5) is 0 Å². The van der Waals surface area contributed by atoms with Crippen LogP contribution in [0.15, 0.2) is 36.7 Å². The molecule has 1 aromatic heterocycles. The first-order valence-corrected chi connectivity index (χ1v) is 5.85. The minimum atomic E-state index is 0.320. The second-order valence-corrected chi connectivity index (χ2v) is 4.07. The first-order valence-electron chi connectivity index (χ1n) is 5.85. The molecule has 0 saturated carbocycles. The van der Waals surface area contributed by atoms with Gasteiger partial charge in [0.15, 0.2) is 0 Å². The summed E-state index contributed by atoms with van der Waals surface area (Å²) < 4.78 is 5.16. The fraction of sp³-hybridized carbons (Fsp3) is 0.357. The number of nitrogens with one attached hydrogen (secondary N) is 1. The lowest BCUT2D eigenvalue weighted by Gasteiger charge is -2.18. The van der Waals surface area contributed by atoms with Gasteiger partial charge in [0.1, 0.15) is 0 Å². The highest BCUT2D eigenvalue weighted by molar-refractivity contribution is 5.85. The summed E-state index contributed by atoms with van der Waals surface area (Å²) in [4.78, 5) is 4.16. The predicted molar refractivity (Wildman–Crippen MR) is 70.0 cm³/mol. The van der Waals surface area contributed by atoms with Crippen molar-refractivity contribution in [3.05, 3.63) is 42.2 Å². The monoisotopic (exact) mass is 230 g/mol. The van der Waals surface area contributed by atoms with Crippen molar-refractivity contribution in [2.24, 2.45) is 0 Å². The van der Waals surface area contributed by atoms with Gasteiger partial charge in [-0.1, -0.05) is 18.2 Å². The van der Waals surface area contributed by atoms with Gasteiger partial charge in [-0.2, -0.15) is 0 Å². The number of hydrogen-bond donors (Lipinski definition) is 1. The summed E-state index contributed by atoms with van der Waals surface area (Å²) in [6, 6.07) is 8.73. The highest BCUT2D eigenvalue weighted by Crippen LogP contribution is 2.25. The van der Waals surface area contributed by atoms with Crippen molar-refractivity contribution in [2.75, 3.05) is 20.8 Å². The molecule has 2 rings (SSSR count). The SMILES string of the molecule is CNC(CCOC)c1cccc2cnccc12. The van der Waals surface area contributed by atoms with Crippen LogP contribution >= 0.6 is 0 Å². The second-order valence-electron chi connectivity index (χ2n) is 4.07. The Labute approximate surface area is 102 Å². The molecule has 0 aliphatic carbocycles. The van der Waals surface area contributed by atoms with E-state index >= 15 is 0 Å². The molecule has 0 bridgehead atoms. The zero-order valence-electron chi connectivity index (χ0n) is 10.3. The van der Waals surface area contributed by atoms with Crippen molar-refractivity contribution >= 4 is 10.8 Å². The van der Waals surface area contributed by atoms with E-state index in [0.717, 1.165) is 13.0 Å². The van der Waals surface area contributed by atoms with Gasteiger partial charge < -0.3 is 10.1 Å². The predicted octanol–water partition coefficient (Wildman–Crippen LogP) is 2.53. The number of benzene rings is 1. The van der Waals surface area contributed by atoms with E-state index in [2.05, 4.69) is 34.6 Å². The maximum atomic E-state index is 5.16. The number of rotatable bonds is 5. The number of fused-ring (bicyclic) bond motifs is 1. The van der Waals surface area contributed by atoms with Crippen molar-refractivity contribution in [1.29, 1.82) is 0 Å². The van der Waals surface area contributed by atoms with Crippen LogP contribution in [0.2, 0.25) is 0 Å². The first kappa shape index (κ1) is 12.0. The maximum Gasteiger partial charge on any atom is 0.0480 e. The molecule has 1 unspecified atom stereocenters. The van der Waals surface area contributed by atoms with E-state index in [4.69, 9.17) is 4.74 Å². The van der Waals surface area contributed by atoms with Gasteiger partial charge in [-0.25, -0.2) is 0 Å². The van der Waals surface area contributed by atoms with Crippen molar-refractivity contribution in [2.45, 2.75) is 12.5 Å². The van der Waals surface area contributed by atoms with Crippen molar-refractivity contribution in [1.82, 2.24) is 10.3 Å². The van der Waals surface area contributed by atoms with Crippen LogP contribution in [0.5, 0.6) is 0 Å².